The van der Waals surface area contributed by atoms with Crippen molar-refractivity contribution in [2.75, 3.05) is 7.11 Å². The van der Waals surface area contributed by atoms with Crippen molar-refractivity contribution in [2.24, 2.45) is 5.16 Å². The second-order valence-electron chi connectivity index (χ2n) is 6.71. The van der Waals surface area contributed by atoms with E-state index in [1.165, 1.54) is 96.3 Å². The van der Waals surface area contributed by atoms with E-state index < -0.39 is 0 Å². The minimum absolute atomic E-state index is 1.09. The third-order valence-corrected chi connectivity index (χ3v) is 4.39. The first-order chi connectivity index (χ1) is 10.8. The summed E-state index contributed by atoms with van der Waals surface area (Å²) in [6, 6.07) is 0. The molecule has 132 valence electrons. The summed E-state index contributed by atoms with van der Waals surface area (Å²) in [6.07, 6.45) is 22.4. The van der Waals surface area contributed by atoms with Gasteiger partial charge in [-0.3, -0.25) is 0 Å². The van der Waals surface area contributed by atoms with Crippen molar-refractivity contribution in [2.45, 2.75) is 117 Å². The minimum Gasteiger partial charge on any atom is -0.399 e. The molecule has 0 N–H and O–H groups in total. The fourth-order valence-electron chi connectivity index (χ4n) is 2.95. The first-order valence-corrected chi connectivity index (χ1v) is 9.88. The maximum atomic E-state index is 4.77. The number of nitrogens with zero attached hydrogens (tertiary/aromatic N) is 1. The van der Waals surface area contributed by atoms with Crippen LogP contribution in [0.15, 0.2) is 5.16 Å². The smallest absolute Gasteiger partial charge is 0.106 e. The Balaban J connectivity index is 3.04. The van der Waals surface area contributed by atoms with Crippen LogP contribution >= 0.6 is 0 Å². The molecule has 0 aliphatic heterocycles. The molecule has 0 aromatic rings. The van der Waals surface area contributed by atoms with Crippen molar-refractivity contribution in [3.05, 3.63) is 0 Å². The van der Waals surface area contributed by atoms with Crippen molar-refractivity contribution < 1.29 is 4.84 Å². The van der Waals surface area contributed by atoms with Crippen molar-refractivity contribution in [3.8, 4) is 0 Å². The van der Waals surface area contributed by atoms with Gasteiger partial charge in [-0.2, -0.15) is 0 Å². The zero-order chi connectivity index (χ0) is 16.3. The van der Waals surface area contributed by atoms with E-state index in [0.717, 1.165) is 12.1 Å². The van der Waals surface area contributed by atoms with Gasteiger partial charge in [-0.05, 0) is 19.8 Å². The quantitative estimate of drug-likeness (QED) is 0.157. The summed E-state index contributed by atoms with van der Waals surface area (Å²) < 4.78 is 0. The van der Waals surface area contributed by atoms with Gasteiger partial charge in [-0.25, -0.2) is 0 Å². The molecule has 0 atom stereocenters. The van der Waals surface area contributed by atoms with Crippen molar-refractivity contribution >= 4 is 5.71 Å². The van der Waals surface area contributed by atoms with Gasteiger partial charge in [0, 0.05) is 0 Å². The molecule has 0 aliphatic rings. The minimum atomic E-state index is 1.09. The lowest BCUT2D eigenvalue weighted by molar-refractivity contribution is 0.212. The summed E-state index contributed by atoms with van der Waals surface area (Å²) >= 11 is 0. The second kappa shape index (κ2) is 18.5. The summed E-state index contributed by atoms with van der Waals surface area (Å²) in [6.45, 7) is 4.34. The number of hydrogen-bond acceptors (Lipinski definition) is 2. The van der Waals surface area contributed by atoms with Crippen molar-refractivity contribution in [1.29, 1.82) is 0 Å². The van der Waals surface area contributed by atoms with E-state index in [4.69, 9.17) is 4.84 Å². The second-order valence-corrected chi connectivity index (χ2v) is 6.71. The molecule has 0 saturated heterocycles. The summed E-state index contributed by atoms with van der Waals surface area (Å²) in [5.74, 6) is 0. The Morgan fingerprint density at radius 1 is 0.636 bits per heavy atom. The molecule has 0 aromatic carbocycles. The van der Waals surface area contributed by atoms with E-state index in [1.54, 1.807) is 7.11 Å². The highest BCUT2D eigenvalue weighted by Crippen LogP contribution is 2.13. The molecule has 0 aliphatic carbocycles. The highest BCUT2D eigenvalue weighted by molar-refractivity contribution is 5.81. The largest absolute Gasteiger partial charge is 0.399 e. The summed E-state index contributed by atoms with van der Waals surface area (Å²) in [4.78, 5) is 4.77. The molecule has 2 heteroatoms. The molecule has 22 heavy (non-hydrogen) atoms. The lowest BCUT2D eigenvalue weighted by Gasteiger charge is -2.03. The molecule has 0 fully saturated rings. The number of unbranched alkanes of at least 4 members (excludes halogenated alkanes) is 14. The number of rotatable bonds is 17. The summed E-state index contributed by atoms with van der Waals surface area (Å²) in [5, 5.41) is 3.94. The molecule has 0 bridgehead atoms. The molecular weight excluding hydrogens is 270 g/mol. The average Bonchev–Trinajstić information content (AvgIpc) is 2.51. The lowest BCUT2D eigenvalue weighted by atomic mass is 10.0. The van der Waals surface area contributed by atoms with E-state index in [-0.39, 0.29) is 0 Å². The number of oxime groups is 1. The van der Waals surface area contributed by atoms with Gasteiger partial charge < -0.3 is 4.84 Å². The van der Waals surface area contributed by atoms with E-state index >= 15 is 0 Å². The Kier molecular flexibility index (Phi) is 18.1. The van der Waals surface area contributed by atoms with Gasteiger partial charge in [0.25, 0.3) is 0 Å². The normalized spacial score (nSPS) is 11.9. The van der Waals surface area contributed by atoms with E-state index in [2.05, 4.69) is 12.1 Å². The van der Waals surface area contributed by atoms with Crippen LogP contribution in [0.3, 0.4) is 0 Å². The van der Waals surface area contributed by atoms with Gasteiger partial charge in [0.1, 0.15) is 7.11 Å². The van der Waals surface area contributed by atoms with Crippen molar-refractivity contribution in [1.82, 2.24) is 0 Å². The van der Waals surface area contributed by atoms with E-state index in [1.807, 2.05) is 6.92 Å². The molecule has 0 unspecified atom stereocenters. The zero-order valence-corrected chi connectivity index (χ0v) is 15.7. The molecule has 0 aromatic heterocycles. The van der Waals surface area contributed by atoms with Gasteiger partial charge in [0.2, 0.25) is 0 Å². The maximum Gasteiger partial charge on any atom is 0.106 e. The molecular formula is C20H41NO. The zero-order valence-electron chi connectivity index (χ0n) is 15.7. The Morgan fingerprint density at radius 2 is 1.00 bits per heavy atom. The van der Waals surface area contributed by atoms with Crippen LogP contribution in [0, 0.1) is 0 Å². The highest BCUT2D eigenvalue weighted by Gasteiger charge is 1.95. The van der Waals surface area contributed by atoms with Gasteiger partial charge in [0.05, 0.1) is 5.71 Å². The van der Waals surface area contributed by atoms with Crippen LogP contribution in [-0.4, -0.2) is 12.8 Å². The molecule has 2 nitrogen and oxygen atoms in total. The molecule has 0 heterocycles. The standard InChI is InChI=1S/C20H41NO/c1-4-5-6-7-8-9-10-11-12-13-14-15-16-17-18-19-20(2)21-22-3/h4-19H2,1-3H3/b21-20-. The maximum absolute atomic E-state index is 4.77. The van der Waals surface area contributed by atoms with E-state index in [0.29, 0.717) is 0 Å². The fraction of sp³-hybridized carbons (Fsp3) is 0.950. The van der Waals surface area contributed by atoms with Crippen LogP contribution in [0.5, 0.6) is 0 Å². The van der Waals surface area contributed by atoms with Crippen LogP contribution < -0.4 is 0 Å². The molecule has 0 radical (unpaired) electrons. The topological polar surface area (TPSA) is 21.6 Å². The van der Waals surface area contributed by atoms with E-state index in [9.17, 15) is 0 Å². The predicted octanol–water partition coefficient (Wildman–Crippen LogP) is 7.27. The Labute approximate surface area is 140 Å². The monoisotopic (exact) mass is 311 g/mol. The molecule has 0 saturated carbocycles. The average molecular weight is 312 g/mol. The van der Waals surface area contributed by atoms with Crippen molar-refractivity contribution in [3.63, 3.8) is 0 Å². The third kappa shape index (κ3) is 17.5. The van der Waals surface area contributed by atoms with Crippen LogP contribution in [0.4, 0.5) is 0 Å². The Morgan fingerprint density at radius 3 is 1.36 bits per heavy atom. The fourth-order valence-corrected chi connectivity index (χ4v) is 2.95. The highest BCUT2D eigenvalue weighted by atomic mass is 16.6. The predicted molar refractivity (Wildman–Crippen MR) is 99.7 cm³/mol. The molecule has 0 rings (SSSR count). The first kappa shape index (κ1) is 21.5. The molecule has 0 spiro atoms. The summed E-state index contributed by atoms with van der Waals surface area (Å²) in [7, 11) is 1.62. The Hall–Kier alpha value is -0.530. The number of hydrogen-bond donors (Lipinski definition) is 0. The first-order valence-electron chi connectivity index (χ1n) is 9.88. The SMILES string of the molecule is CCCCCCCCCCCCCCCCC/C(C)=N\OC. The van der Waals surface area contributed by atoms with Gasteiger partial charge in [0.15, 0.2) is 0 Å². The Bertz CT molecular complexity index is 238. The van der Waals surface area contributed by atoms with Gasteiger partial charge in [-0.15, -0.1) is 0 Å². The lowest BCUT2D eigenvalue weighted by Crippen LogP contribution is -1.92. The van der Waals surface area contributed by atoms with Gasteiger partial charge in [-0.1, -0.05) is 102 Å². The van der Waals surface area contributed by atoms with Crippen LogP contribution in [0.1, 0.15) is 117 Å². The molecule has 0 amide bonds. The van der Waals surface area contributed by atoms with Gasteiger partial charge >= 0.3 is 0 Å². The summed E-state index contributed by atoms with van der Waals surface area (Å²) in [5.41, 5.74) is 1.12. The third-order valence-electron chi connectivity index (χ3n) is 4.39. The van der Waals surface area contributed by atoms with Crippen LogP contribution in [0.2, 0.25) is 0 Å². The van der Waals surface area contributed by atoms with Crippen LogP contribution in [0.25, 0.3) is 0 Å². The van der Waals surface area contributed by atoms with Crippen LogP contribution in [-0.2, 0) is 4.84 Å².